The van der Waals surface area contributed by atoms with Crippen LogP contribution in [0.5, 0.6) is 0 Å². The molecule has 0 aliphatic carbocycles. The number of H-pyrrole nitrogens is 1. The van der Waals surface area contributed by atoms with Crippen LogP contribution in [0.3, 0.4) is 0 Å². The summed E-state index contributed by atoms with van der Waals surface area (Å²) in [6.45, 7) is 7.35. The van der Waals surface area contributed by atoms with Crippen LogP contribution < -0.4 is 10.9 Å². The molecule has 1 saturated heterocycles. The third-order valence-electron chi connectivity index (χ3n) is 3.70. The van der Waals surface area contributed by atoms with Crippen molar-refractivity contribution in [3.05, 3.63) is 33.9 Å². The van der Waals surface area contributed by atoms with Gasteiger partial charge in [-0.05, 0) is 19.4 Å². The molecule has 2 N–H and O–H groups in total. The van der Waals surface area contributed by atoms with E-state index in [4.69, 9.17) is 0 Å². The third kappa shape index (κ3) is 2.18. The van der Waals surface area contributed by atoms with Gasteiger partial charge in [-0.2, -0.15) is 0 Å². The lowest BCUT2D eigenvalue weighted by Gasteiger charge is -2.14. The van der Waals surface area contributed by atoms with Crippen LogP contribution >= 0.6 is 0 Å². The molecular formula is C14H20N4O. The van der Waals surface area contributed by atoms with E-state index in [0.717, 1.165) is 30.8 Å². The summed E-state index contributed by atoms with van der Waals surface area (Å²) in [5, 5.41) is 6.52. The second kappa shape index (κ2) is 4.20. The first-order valence-corrected chi connectivity index (χ1v) is 6.82. The summed E-state index contributed by atoms with van der Waals surface area (Å²) in [6.07, 6.45) is 2.20. The van der Waals surface area contributed by atoms with Gasteiger partial charge in [0.2, 0.25) is 0 Å². The fourth-order valence-corrected chi connectivity index (χ4v) is 2.51. The monoisotopic (exact) mass is 260 g/mol. The maximum Gasteiger partial charge on any atom is 0.272 e. The van der Waals surface area contributed by atoms with Crippen molar-refractivity contribution in [3.8, 4) is 0 Å². The van der Waals surface area contributed by atoms with Crippen LogP contribution in [0.4, 0.5) is 0 Å². The highest BCUT2D eigenvalue weighted by atomic mass is 16.1. The number of nitrogens with zero attached hydrogens (tertiary/aromatic N) is 2. The molecule has 0 amide bonds. The zero-order valence-electron chi connectivity index (χ0n) is 11.7. The lowest BCUT2D eigenvalue weighted by atomic mass is 9.93. The van der Waals surface area contributed by atoms with E-state index in [1.165, 1.54) is 4.52 Å². The van der Waals surface area contributed by atoms with E-state index < -0.39 is 0 Å². The van der Waals surface area contributed by atoms with Crippen molar-refractivity contribution in [1.29, 1.82) is 0 Å². The molecule has 1 aliphatic rings. The number of nitrogens with one attached hydrogen (secondary N) is 2. The molecule has 0 spiro atoms. The molecule has 0 bridgehead atoms. The van der Waals surface area contributed by atoms with Crippen LogP contribution in [0.15, 0.2) is 16.9 Å². The summed E-state index contributed by atoms with van der Waals surface area (Å²) >= 11 is 0. The van der Waals surface area contributed by atoms with Gasteiger partial charge in [-0.15, -0.1) is 0 Å². The first-order valence-electron chi connectivity index (χ1n) is 6.82. The number of hydrogen-bond donors (Lipinski definition) is 2. The number of fused-ring (bicyclic) bond motifs is 1. The van der Waals surface area contributed by atoms with Crippen LogP contribution in [-0.4, -0.2) is 21.1 Å². The second-order valence-corrected chi connectivity index (χ2v) is 6.28. The average molecular weight is 260 g/mol. The molecule has 1 aliphatic heterocycles. The molecule has 5 heteroatoms. The lowest BCUT2D eigenvalue weighted by Crippen LogP contribution is -2.21. The van der Waals surface area contributed by atoms with Crippen molar-refractivity contribution in [2.45, 2.75) is 45.1 Å². The Morgan fingerprint density at radius 1 is 1.37 bits per heavy atom. The highest BCUT2D eigenvalue weighted by Crippen LogP contribution is 2.23. The fraction of sp³-hybridized carbons (Fsp3) is 0.571. The Morgan fingerprint density at radius 2 is 2.16 bits per heavy atom. The second-order valence-electron chi connectivity index (χ2n) is 6.28. The van der Waals surface area contributed by atoms with Gasteiger partial charge in [-0.3, -0.25) is 9.89 Å². The minimum Gasteiger partial charge on any atom is -0.309 e. The van der Waals surface area contributed by atoms with Crippen LogP contribution in [-0.2, 0) is 5.41 Å². The van der Waals surface area contributed by atoms with Crippen molar-refractivity contribution in [1.82, 2.24) is 19.9 Å². The Bertz CT molecular complexity index is 656. The number of aromatic nitrogens is 3. The predicted octanol–water partition coefficient (Wildman–Crippen LogP) is 1.74. The fourth-order valence-electron chi connectivity index (χ4n) is 2.51. The first-order chi connectivity index (χ1) is 8.95. The van der Waals surface area contributed by atoms with E-state index in [0.29, 0.717) is 5.65 Å². The SMILES string of the molecule is CC(C)(C)c1cc2nc(C3CCCN3)cc(=O)n2[nH]1. The van der Waals surface area contributed by atoms with Crippen molar-refractivity contribution in [3.63, 3.8) is 0 Å². The summed E-state index contributed by atoms with van der Waals surface area (Å²) in [5.41, 5.74) is 2.53. The van der Waals surface area contributed by atoms with Crippen molar-refractivity contribution < 1.29 is 0 Å². The predicted molar refractivity (Wildman–Crippen MR) is 74.5 cm³/mol. The molecule has 2 aromatic heterocycles. The molecule has 0 saturated carbocycles. The van der Waals surface area contributed by atoms with E-state index in [2.05, 4.69) is 36.2 Å². The van der Waals surface area contributed by atoms with Crippen LogP contribution in [0.1, 0.15) is 51.0 Å². The summed E-state index contributed by atoms with van der Waals surface area (Å²) in [5.74, 6) is 0. The molecule has 5 nitrogen and oxygen atoms in total. The van der Waals surface area contributed by atoms with Crippen molar-refractivity contribution >= 4 is 5.65 Å². The molecule has 19 heavy (non-hydrogen) atoms. The highest BCUT2D eigenvalue weighted by Gasteiger charge is 2.21. The molecule has 0 aromatic carbocycles. The maximum absolute atomic E-state index is 12.2. The summed E-state index contributed by atoms with van der Waals surface area (Å²) < 4.78 is 1.53. The van der Waals surface area contributed by atoms with E-state index in [1.54, 1.807) is 6.07 Å². The normalized spacial score (nSPS) is 20.3. The van der Waals surface area contributed by atoms with E-state index >= 15 is 0 Å². The Hall–Kier alpha value is -1.62. The van der Waals surface area contributed by atoms with Gasteiger partial charge >= 0.3 is 0 Å². The Labute approximate surface area is 112 Å². The molecule has 1 unspecified atom stereocenters. The van der Waals surface area contributed by atoms with E-state index in [1.807, 2.05) is 6.07 Å². The van der Waals surface area contributed by atoms with Gasteiger partial charge in [0.15, 0.2) is 5.65 Å². The summed E-state index contributed by atoms with van der Waals surface area (Å²) in [6, 6.07) is 3.84. The Morgan fingerprint density at radius 3 is 2.79 bits per heavy atom. The average Bonchev–Trinajstić information content (AvgIpc) is 2.96. The van der Waals surface area contributed by atoms with Gasteiger partial charge in [0.1, 0.15) is 0 Å². The molecule has 3 rings (SSSR count). The molecule has 1 fully saturated rings. The summed E-state index contributed by atoms with van der Waals surface area (Å²) in [7, 11) is 0. The maximum atomic E-state index is 12.2. The van der Waals surface area contributed by atoms with Crippen LogP contribution in [0.2, 0.25) is 0 Å². The minimum atomic E-state index is -0.0378. The van der Waals surface area contributed by atoms with Crippen LogP contribution in [0.25, 0.3) is 5.65 Å². The largest absolute Gasteiger partial charge is 0.309 e. The number of rotatable bonds is 1. The summed E-state index contributed by atoms with van der Waals surface area (Å²) in [4.78, 5) is 16.8. The van der Waals surface area contributed by atoms with Gasteiger partial charge in [0, 0.05) is 29.3 Å². The minimum absolute atomic E-state index is 0.0219. The first kappa shape index (κ1) is 12.4. The molecule has 1 atom stereocenters. The van der Waals surface area contributed by atoms with Crippen LogP contribution in [0, 0.1) is 0 Å². The molecule has 2 aromatic rings. The molecule has 0 radical (unpaired) electrons. The number of hydrogen-bond acceptors (Lipinski definition) is 3. The third-order valence-corrected chi connectivity index (χ3v) is 3.70. The van der Waals surface area contributed by atoms with Gasteiger partial charge in [0.05, 0.1) is 5.69 Å². The zero-order chi connectivity index (χ0) is 13.6. The highest BCUT2D eigenvalue weighted by molar-refractivity contribution is 5.42. The van der Waals surface area contributed by atoms with Crippen molar-refractivity contribution in [2.75, 3.05) is 6.54 Å². The number of aromatic amines is 1. The zero-order valence-corrected chi connectivity index (χ0v) is 11.7. The van der Waals surface area contributed by atoms with Gasteiger partial charge < -0.3 is 5.32 Å². The van der Waals surface area contributed by atoms with Gasteiger partial charge in [-0.1, -0.05) is 20.8 Å². The standard InChI is InChI=1S/C14H20N4O/c1-14(2,3)11-8-12-16-10(9-5-4-6-15-9)7-13(19)18(12)17-11/h7-9,15,17H,4-6H2,1-3H3. The smallest absolute Gasteiger partial charge is 0.272 e. The quantitative estimate of drug-likeness (QED) is 0.821. The Balaban J connectivity index is 2.12. The topological polar surface area (TPSA) is 62.2 Å². The van der Waals surface area contributed by atoms with Crippen molar-refractivity contribution in [2.24, 2.45) is 0 Å². The lowest BCUT2D eigenvalue weighted by molar-refractivity contribution is 0.561. The molecule has 102 valence electrons. The van der Waals surface area contributed by atoms with E-state index in [9.17, 15) is 4.79 Å². The van der Waals surface area contributed by atoms with Gasteiger partial charge in [-0.25, -0.2) is 9.50 Å². The van der Waals surface area contributed by atoms with Gasteiger partial charge in [0.25, 0.3) is 5.56 Å². The molecule has 3 heterocycles. The Kier molecular flexibility index (Phi) is 2.74. The molecular weight excluding hydrogens is 240 g/mol. The van der Waals surface area contributed by atoms with E-state index in [-0.39, 0.29) is 17.0 Å².